The zero-order chi connectivity index (χ0) is 15.1. The minimum absolute atomic E-state index is 0.0450. The highest BCUT2D eigenvalue weighted by Crippen LogP contribution is 2.29. The van der Waals surface area contributed by atoms with E-state index in [2.05, 4.69) is 38.3 Å². The van der Waals surface area contributed by atoms with Crippen LogP contribution in [-0.2, 0) is 9.59 Å². The highest BCUT2D eigenvalue weighted by Gasteiger charge is 2.32. The van der Waals surface area contributed by atoms with Gasteiger partial charge in [0.25, 0.3) is 0 Å². The molecule has 0 spiro atoms. The van der Waals surface area contributed by atoms with Gasteiger partial charge in [-0.3, -0.25) is 9.59 Å². The lowest BCUT2D eigenvalue weighted by atomic mass is 9.77. The summed E-state index contributed by atoms with van der Waals surface area (Å²) in [7, 11) is 0. The van der Waals surface area contributed by atoms with Crippen molar-refractivity contribution in [3.05, 3.63) is 0 Å². The molecule has 0 aromatic heterocycles. The molecule has 0 bridgehead atoms. The first-order chi connectivity index (χ1) is 8.68. The first-order valence-corrected chi connectivity index (χ1v) is 7.25. The Kier molecular flexibility index (Phi) is 7.09. The molecule has 2 amide bonds. The average Bonchev–Trinajstić information content (AvgIpc) is 2.35. The molecular weight excluding hydrogens is 240 g/mol. The molecule has 0 aliphatic carbocycles. The van der Waals surface area contributed by atoms with Gasteiger partial charge in [0.1, 0.15) is 0 Å². The minimum atomic E-state index is -0.215. The van der Waals surface area contributed by atoms with Crippen molar-refractivity contribution in [2.24, 2.45) is 5.41 Å². The molecule has 0 aromatic carbocycles. The Bertz CT molecular complexity index is 313. The molecule has 0 aliphatic rings. The van der Waals surface area contributed by atoms with Crippen molar-refractivity contribution >= 4 is 11.8 Å². The molecule has 0 heterocycles. The van der Waals surface area contributed by atoms with Gasteiger partial charge in [0.05, 0.1) is 0 Å². The van der Waals surface area contributed by atoms with E-state index in [0.717, 1.165) is 12.8 Å². The summed E-state index contributed by atoms with van der Waals surface area (Å²) in [6.45, 7) is 12.7. The quantitative estimate of drug-likeness (QED) is 0.712. The second-order valence-electron chi connectivity index (χ2n) is 6.29. The van der Waals surface area contributed by atoms with E-state index in [4.69, 9.17) is 0 Å². The van der Waals surface area contributed by atoms with Crippen molar-refractivity contribution in [3.8, 4) is 0 Å². The van der Waals surface area contributed by atoms with Crippen LogP contribution in [0.15, 0.2) is 0 Å². The summed E-state index contributed by atoms with van der Waals surface area (Å²) < 4.78 is 0. The summed E-state index contributed by atoms with van der Waals surface area (Å²) in [5, 5.41) is 6.03. The molecule has 19 heavy (non-hydrogen) atoms. The van der Waals surface area contributed by atoms with Crippen LogP contribution in [0.4, 0.5) is 0 Å². The van der Waals surface area contributed by atoms with E-state index in [-0.39, 0.29) is 22.8 Å². The van der Waals surface area contributed by atoms with E-state index >= 15 is 0 Å². The maximum absolute atomic E-state index is 11.6. The average molecular weight is 270 g/mol. The molecule has 0 fully saturated rings. The number of rotatable bonds is 8. The summed E-state index contributed by atoms with van der Waals surface area (Å²) >= 11 is 0. The van der Waals surface area contributed by atoms with Crippen LogP contribution < -0.4 is 10.6 Å². The van der Waals surface area contributed by atoms with E-state index in [1.165, 1.54) is 0 Å². The molecule has 1 unspecified atom stereocenters. The van der Waals surface area contributed by atoms with Gasteiger partial charge in [0, 0.05) is 24.9 Å². The second kappa shape index (κ2) is 7.51. The van der Waals surface area contributed by atoms with Gasteiger partial charge in [-0.1, -0.05) is 34.6 Å². The highest BCUT2D eigenvalue weighted by molar-refractivity contribution is 5.76. The van der Waals surface area contributed by atoms with Gasteiger partial charge in [-0.05, 0) is 25.2 Å². The summed E-state index contributed by atoms with van der Waals surface area (Å²) in [4.78, 5) is 22.9. The fourth-order valence-electron chi connectivity index (χ4n) is 2.26. The lowest BCUT2D eigenvalue weighted by Crippen LogP contribution is -2.49. The molecule has 0 saturated heterocycles. The fraction of sp³-hybridized carbons (Fsp3) is 0.867. The standard InChI is InChI=1S/C15H30N2O2/c1-7-12(18)16-11-14(4,5)10-15(6,9-3)17-13(19)8-2/h7-11H2,1-6H3,(H,16,18)(H,17,19). The van der Waals surface area contributed by atoms with Crippen molar-refractivity contribution < 1.29 is 9.59 Å². The Morgan fingerprint density at radius 1 is 0.947 bits per heavy atom. The molecular formula is C15H30N2O2. The lowest BCUT2D eigenvalue weighted by molar-refractivity contribution is -0.123. The maximum Gasteiger partial charge on any atom is 0.220 e. The molecule has 112 valence electrons. The number of carbonyl (C=O) groups is 2. The van der Waals surface area contributed by atoms with Crippen molar-refractivity contribution in [1.82, 2.24) is 10.6 Å². The van der Waals surface area contributed by atoms with Crippen molar-refractivity contribution in [3.63, 3.8) is 0 Å². The summed E-state index contributed by atoms with van der Waals surface area (Å²) in [5.41, 5.74) is -0.260. The predicted molar refractivity (Wildman–Crippen MR) is 78.8 cm³/mol. The second-order valence-corrected chi connectivity index (χ2v) is 6.29. The van der Waals surface area contributed by atoms with Crippen LogP contribution in [0.2, 0.25) is 0 Å². The summed E-state index contributed by atoms with van der Waals surface area (Å²) in [5.74, 6) is 0.154. The number of nitrogens with one attached hydrogen (secondary N) is 2. The van der Waals surface area contributed by atoms with Crippen molar-refractivity contribution in [1.29, 1.82) is 0 Å². The molecule has 4 nitrogen and oxygen atoms in total. The topological polar surface area (TPSA) is 58.2 Å². The zero-order valence-corrected chi connectivity index (χ0v) is 13.4. The summed E-state index contributed by atoms with van der Waals surface area (Å²) in [6.07, 6.45) is 2.73. The molecule has 4 heteroatoms. The fourth-order valence-corrected chi connectivity index (χ4v) is 2.26. The van der Waals surface area contributed by atoms with Crippen LogP contribution in [0.25, 0.3) is 0 Å². The molecule has 2 N–H and O–H groups in total. The van der Waals surface area contributed by atoms with Gasteiger partial charge in [0.15, 0.2) is 0 Å². The smallest absolute Gasteiger partial charge is 0.220 e. The Hall–Kier alpha value is -1.06. The van der Waals surface area contributed by atoms with Crippen LogP contribution in [0.5, 0.6) is 0 Å². The number of amides is 2. The number of carbonyl (C=O) groups excluding carboxylic acids is 2. The van der Waals surface area contributed by atoms with E-state index in [1.807, 2.05) is 13.8 Å². The van der Waals surface area contributed by atoms with Crippen LogP contribution >= 0.6 is 0 Å². The van der Waals surface area contributed by atoms with Gasteiger partial charge < -0.3 is 10.6 Å². The van der Waals surface area contributed by atoms with Crippen LogP contribution in [0.3, 0.4) is 0 Å². The highest BCUT2D eigenvalue weighted by atomic mass is 16.2. The van der Waals surface area contributed by atoms with Crippen LogP contribution in [0.1, 0.15) is 67.2 Å². The minimum Gasteiger partial charge on any atom is -0.356 e. The monoisotopic (exact) mass is 270 g/mol. The molecule has 0 saturated carbocycles. The van der Waals surface area contributed by atoms with Gasteiger partial charge in [-0.25, -0.2) is 0 Å². The normalized spacial score (nSPS) is 14.6. The number of hydrogen-bond acceptors (Lipinski definition) is 2. The van der Waals surface area contributed by atoms with Gasteiger partial charge in [-0.2, -0.15) is 0 Å². The Balaban J connectivity index is 4.56. The van der Waals surface area contributed by atoms with Crippen molar-refractivity contribution in [2.45, 2.75) is 72.8 Å². The third kappa shape index (κ3) is 7.19. The molecule has 1 atom stereocenters. The predicted octanol–water partition coefficient (Wildman–Crippen LogP) is 2.62. The van der Waals surface area contributed by atoms with Gasteiger partial charge in [-0.15, -0.1) is 0 Å². The van der Waals surface area contributed by atoms with Gasteiger partial charge >= 0.3 is 0 Å². The largest absolute Gasteiger partial charge is 0.356 e. The van der Waals surface area contributed by atoms with E-state index in [9.17, 15) is 9.59 Å². The van der Waals surface area contributed by atoms with E-state index in [1.54, 1.807) is 0 Å². The molecule has 0 radical (unpaired) electrons. The van der Waals surface area contributed by atoms with Crippen LogP contribution in [-0.4, -0.2) is 23.9 Å². The van der Waals surface area contributed by atoms with E-state index < -0.39 is 0 Å². The SMILES string of the molecule is CCC(=O)NCC(C)(C)CC(C)(CC)NC(=O)CC. The van der Waals surface area contributed by atoms with Gasteiger partial charge in [0.2, 0.25) is 11.8 Å². The van der Waals surface area contributed by atoms with Crippen LogP contribution in [0, 0.1) is 5.41 Å². The molecule has 0 aromatic rings. The summed E-state index contributed by atoms with van der Waals surface area (Å²) in [6, 6.07) is 0. The number of hydrogen-bond donors (Lipinski definition) is 2. The van der Waals surface area contributed by atoms with E-state index in [0.29, 0.717) is 19.4 Å². The first-order valence-electron chi connectivity index (χ1n) is 7.25. The lowest BCUT2D eigenvalue weighted by Gasteiger charge is -2.38. The molecule has 0 rings (SSSR count). The third-order valence-electron chi connectivity index (χ3n) is 3.50. The third-order valence-corrected chi connectivity index (χ3v) is 3.50. The zero-order valence-electron chi connectivity index (χ0n) is 13.4. The Labute approximate surface area is 117 Å². The maximum atomic E-state index is 11.6. The molecule has 0 aliphatic heterocycles. The Morgan fingerprint density at radius 2 is 1.47 bits per heavy atom. The Morgan fingerprint density at radius 3 is 1.89 bits per heavy atom. The first kappa shape index (κ1) is 17.9. The van der Waals surface area contributed by atoms with Crippen molar-refractivity contribution in [2.75, 3.05) is 6.54 Å².